The third-order valence-electron chi connectivity index (χ3n) is 4.74. The first-order chi connectivity index (χ1) is 10.3. The van der Waals surface area contributed by atoms with Crippen molar-refractivity contribution in [2.75, 3.05) is 13.2 Å². The number of carbonyl (C=O) groups excluding carboxylic acids is 1. The van der Waals surface area contributed by atoms with E-state index in [1.165, 1.54) is 11.1 Å². The Kier molecular flexibility index (Phi) is 4.56. The summed E-state index contributed by atoms with van der Waals surface area (Å²) in [6, 6.07) is 8.59. The lowest BCUT2D eigenvalue weighted by molar-refractivity contribution is -0.134. The van der Waals surface area contributed by atoms with E-state index >= 15 is 0 Å². The Morgan fingerprint density at radius 2 is 2.14 bits per heavy atom. The normalized spacial score (nSPS) is 24.9. The zero-order valence-electron chi connectivity index (χ0n) is 12.4. The SMILES string of the molecule is O=C(C1Cc2ccccc2CN1)N1CCCC1CCCO. The van der Waals surface area contributed by atoms with Crippen LogP contribution >= 0.6 is 0 Å². The predicted octanol–water partition coefficient (Wildman–Crippen LogP) is 1.46. The quantitative estimate of drug-likeness (QED) is 0.882. The molecule has 0 spiro atoms. The highest BCUT2D eigenvalue weighted by molar-refractivity contribution is 5.83. The van der Waals surface area contributed by atoms with Crippen LogP contribution in [0.25, 0.3) is 0 Å². The largest absolute Gasteiger partial charge is 0.396 e. The van der Waals surface area contributed by atoms with Crippen LogP contribution < -0.4 is 5.32 Å². The Hall–Kier alpha value is -1.39. The first-order valence-electron chi connectivity index (χ1n) is 8.01. The van der Waals surface area contributed by atoms with Gasteiger partial charge in [0.15, 0.2) is 0 Å². The van der Waals surface area contributed by atoms with E-state index < -0.39 is 0 Å². The van der Waals surface area contributed by atoms with Gasteiger partial charge in [0.2, 0.25) is 5.91 Å². The van der Waals surface area contributed by atoms with Crippen LogP contribution in [0.1, 0.15) is 36.8 Å². The Bertz CT molecular complexity index is 503. The third-order valence-corrected chi connectivity index (χ3v) is 4.74. The fourth-order valence-electron chi connectivity index (χ4n) is 3.58. The molecule has 2 unspecified atom stereocenters. The van der Waals surface area contributed by atoms with Gasteiger partial charge in [-0.15, -0.1) is 0 Å². The molecule has 1 saturated heterocycles. The lowest BCUT2D eigenvalue weighted by Gasteiger charge is -2.32. The smallest absolute Gasteiger partial charge is 0.240 e. The standard InChI is InChI=1S/C17H24N2O2/c20-10-4-8-15-7-3-9-19(15)17(21)16-11-13-5-1-2-6-14(13)12-18-16/h1-2,5-6,15-16,18,20H,3-4,7-12H2. The summed E-state index contributed by atoms with van der Waals surface area (Å²) in [4.78, 5) is 14.8. The van der Waals surface area contributed by atoms with E-state index in [0.29, 0.717) is 6.04 Å². The number of rotatable bonds is 4. The number of hydrogen-bond acceptors (Lipinski definition) is 3. The van der Waals surface area contributed by atoms with E-state index in [-0.39, 0.29) is 18.6 Å². The van der Waals surface area contributed by atoms with Gasteiger partial charge >= 0.3 is 0 Å². The summed E-state index contributed by atoms with van der Waals surface area (Å²) in [7, 11) is 0. The molecule has 2 aliphatic rings. The van der Waals surface area contributed by atoms with Gasteiger partial charge in [-0.1, -0.05) is 24.3 Å². The highest BCUT2D eigenvalue weighted by Crippen LogP contribution is 2.24. The summed E-state index contributed by atoms with van der Waals surface area (Å²) in [6.07, 6.45) is 4.67. The molecule has 3 rings (SSSR count). The second kappa shape index (κ2) is 6.58. The van der Waals surface area contributed by atoms with Crippen molar-refractivity contribution in [3.05, 3.63) is 35.4 Å². The maximum Gasteiger partial charge on any atom is 0.240 e. The molecule has 1 amide bonds. The van der Waals surface area contributed by atoms with Crippen molar-refractivity contribution >= 4 is 5.91 Å². The summed E-state index contributed by atoms with van der Waals surface area (Å²) in [5.41, 5.74) is 2.60. The van der Waals surface area contributed by atoms with Crippen molar-refractivity contribution < 1.29 is 9.90 Å². The van der Waals surface area contributed by atoms with Gasteiger partial charge in [-0.25, -0.2) is 0 Å². The average Bonchev–Trinajstić information content (AvgIpc) is 3.00. The Balaban J connectivity index is 1.66. The number of likely N-dealkylation sites (tertiary alicyclic amines) is 1. The van der Waals surface area contributed by atoms with E-state index in [4.69, 9.17) is 5.11 Å². The molecule has 1 aromatic carbocycles. The maximum absolute atomic E-state index is 12.8. The van der Waals surface area contributed by atoms with Crippen molar-refractivity contribution in [3.8, 4) is 0 Å². The fourth-order valence-corrected chi connectivity index (χ4v) is 3.58. The molecule has 114 valence electrons. The van der Waals surface area contributed by atoms with Crippen LogP contribution in [0.2, 0.25) is 0 Å². The molecule has 2 atom stereocenters. The molecule has 1 aromatic rings. The van der Waals surface area contributed by atoms with Gasteiger partial charge in [0.1, 0.15) is 0 Å². The second-order valence-electron chi connectivity index (χ2n) is 6.10. The maximum atomic E-state index is 12.8. The van der Waals surface area contributed by atoms with Gasteiger partial charge in [-0.2, -0.15) is 0 Å². The molecular formula is C17H24N2O2. The van der Waals surface area contributed by atoms with Crippen LogP contribution in [0.5, 0.6) is 0 Å². The van der Waals surface area contributed by atoms with Gasteiger partial charge in [-0.05, 0) is 43.2 Å². The van der Waals surface area contributed by atoms with E-state index in [9.17, 15) is 4.79 Å². The predicted molar refractivity (Wildman–Crippen MR) is 81.8 cm³/mol. The average molecular weight is 288 g/mol. The van der Waals surface area contributed by atoms with E-state index in [2.05, 4.69) is 17.4 Å². The first kappa shape index (κ1) is 14.5. The summed E-state index contributed by atoms with van der Waals surface area (Å²) >= 11 is 0. The second-order valence-corrected chi connectivity index (χ2v) is 6.10. The van der Waals surface area contributed by atoms with Crippen molar-refractivity contribution in [3.63, 3.8) is 0 Å². The third kappa shape index (κ3) is 3.11. The fraction of sp³-hybridized carbons (Fsp3) is 0.588. The van der Waals surface area contributed by atoms with E-state index in [1.807, 2.05) is 17.0 Å². The summed E-state index contributed by atoms with van der Waals surface area (Å²) < 4.78 is 0. The van der Waals surface area contributed by atoms with Crippen molar-refractivity contribution in [1.29, 1.82) is 0 Å². The molecule has 0 radical (unpaired) electrons. The molecule has 2 heterocycles. The molecule has 21 heavy (non-hydrogen) atoms. The molecule has 4 nitrogen and oxygen atoms in total. The topological polar surface area (TPSA) is 52.6 Å². The van der Waals surface area contributed by atoms with Crippen LogP contribution in [-0.4, -0.2) is 41.1 Å². The summed E-state index contributed by atoms with van der Waals surface area (Å²) in [6.45, 7) is 1.87. The molecule has 2 N–H and O–H groups in total. The molecule has 0 aliphatic carbocycles. The number of nitrogens with one attached hydrogen (secondary N) is 1. The van der Waals surface area contributed by atoms with E-state index in [0.717, 1.165) is 45.2 Å². The molecular weight excluding hydrogens is 264 g/mol. The van der Waals surface area contributed by atoms with Gasteiger partial charge in [0.25, 0.3) is 0 Å². The molecule has 0 bridgehead atoms. The summed E-state index contributed by atoms with van der Waals surface area (Å²) in [5, 5.41) is 12.4. The van der Waals surface area contributed by atoms with Crippen LogP contribution in [0.3, 0.4) is 0 Å². The van der Waals surface area contributed by atoms with Crippen LogP contribution in [0.4, 0.5) is 0 Å². The Labute approximate surface area is 126 Å². The lowest BCUT2D eigenvalue weighted by Crippen LogP contribution is -2.50. The molecule has 0 aromatic heterocycles. The van der Waals surface area contributed by atoms with Crippen LogP contribution in [0, 0.1) is 0 Å². The zero-order chi connectivity index (χ0) is 14.7. The molecule has 0 saturated carbocycles. The monoisotopic (exact) mass is 288 g/mol. The highest BCUT2D eigenvalue weighted by Gasteiger charge is 2.34. The number of nitrogens with zero attached hydrogens (tertiary/aromatic N) is 1. The number of benzene rings is 1. The zero-order valence-corrected chi connectivity index (χ0v) is 12.4. The van der Waals surface area contributed by atoms with Gasteiger partial charge in [0, 0.05) is 25.7 Å². The number of aliphatic hydroxyl groups excluding tert-OH is 1. The molecule has 4 heteroatoms. The number of amides is 1. The highest BCUT2D eigenvalue weighted by atomic mass is 16.3. The minimum atomic E-state index is -0.0883. The van der Waals surface area contributed by atoms with Crippen molar-refractivity contribution in [2.24, 2.45) is 0 Å². The Morgan fingerprint density at radius 3 is 2.95 bits per heavy atom. The first-order valence-corrected chi connectivity index (χ1v) is 8.01. The van der Waals surface area contributed by atoms with Crippen LogP contribution in [0.15, 0.2) is 24.3 Å². The minimum absolute atomic E-state index is 0.0883. The number of fused-ring (bicyclic) bond motifs is 1. The van der Waals surface area contributed by atoms with Gasteiger partial charge in [-0.3, -0.25) is 4.79 Å². The minimum Gasteiger partial charge on any atom is -0.396 e. The lowest BCUT2D eigenvalue weighted by atomic mass is 9.95. The molecule has 2 aliphatic heterocycles. The Morgan fingerprint density at radius 1 is 1.33 bits per heavy atom. The van der Waals surface area contributed by atoms with Gasteiger partial charge < -0.3 is 15.3 Å². The van der Waals surface area contributed by atoms with Crippen molar-refractivity contribution in [2.45, 2.75) is 50.7 Å². The number of aliphatic hydroxyl groups is 1. The number of hydrogen-bond donors (Lipinski definition) is 2. The van der Waals surface area contributed by atoms with Gasteiger partial charge in [0.05, 0.1) is 6.04 Å². The van der Waals surface area contributed by atoms with Crippen LogP contribution in [-0.2, 0) is 17.8 Å². The van der Waals surface area contributed by atoms with Crippen molar-refractivity contribution in [1.82, 2.24) is 10.2 Å². The molecule has 1 fully saturated rings. The summed E-state index contributed by atoms with van der Waals surface area (Å²) in [5.74, 6) is 0.241. The van der Waals surface area contributed by atoms with E-state index in [1.54, 1.807) is 0 Å². The number of carbonyl (C=O) groups is 1.